The van der Waals surface area contributed by atoms with Gasteiger partial charge < -0.3 is 19.8 Å². The van der Waals surface area contributed by atoms with E-state index in [1.807, 2.05) is 49.6 Å². The number of hydrogen-bond acceptors (Lipinski definition) is 3. The number of aromatic nitrogens is 1. The SMILES string of the molecule is C=CC/C=C(\C=C(/COC)OC)NC(=C)/C=c1/cc[nH]/c1=C/C. The van der Waals surface area contributed by atoms with Gasteiger partial charge in [-0.2, -0.15) is 0 Å². The summed E-state index contributed by atoms with van der Waals surface area (Å²) in [6, 6.07) is 2.01. The normalized spacial score (nSPS) is 14.0. The largest absolute Gasteiger partial charge is 0.499 e. The quantitative estimate of drug-likeness (QED) is 0.418. The number of rotatable bonds is 9. The summed E-state index contributed by atoms with van der Waals surface area (Å²) >= 11 is 0. The van der Waals surface area contributed by atoms with E-state index in [4.69, 9.17) is 9.47 Å². The molecule has 1 heterocycles. The fraction of sp³-hybridized carbons (Fsp3) is 0.263. The van der Waals surface area contributed by atoms with Crippen LogP contribution in [0.1, 0.15) is 13.3 Å². The Hall–Kier alpha value is -2.46. The Labute approximate surface area is 138 Å². The van der Waals surface area contributed by atoms with E-state index in [1.54, 1.807) is 14.2 Å². The molecule has 4 nitrogen and oxygen atoms in total. The molecule has 1 aromatic rings. The van der Waals surface area contributed by atoms with Gasteiger partial charge in [0.2, 0.25) is 0 Å². The van der Waals surface area contributed by atoms with Crippen molar-refractivity contribution in [2.45, 2.75) is 13.3 Å². The van der Waals surface area contributed by atoms with Gasteiger partial charge in [-0.15, -0.1) is 6.58 Å². The predicted octanol–water partition coefficient (Wildman–Crippen LogP) is 2.34. The topological polar surface area (TPSA) is 46.3 Å². The Bertz CT molecular complexity index is 693. The van der Waals surface area contributed by atoms with E-state index in [9.17, 15) is 0 Å². The van der Waals surface area contributed by atoms with Crippen LogP contribution in [-0.4, -0.2) is 25.8 Å². The number of allylic oxidation sites excluding steroid dienone is 4. The van der Waals surface area contributed by atoms with Crippen molar-refractivity contribution < 1.29 is 9.47 Å². The number of hydrogen-bond donors (Lipinski definition) is 2. The second kappa shape index (κ2) is 10.3. The van der Waals surface area contributed by atoms with Gasteiger partial charge in [-0.1, -0.05) is 24.8 Å². The summed E-state index contributed by atoms with van der Waals surface area (Å²) in [5, 5.41) is 5.44. The smallest absolute Gasteiger partial charge is 0.123 e. The molecule has 2 N–H and O–H groups in total. The van der Waals surface area contributed by atoms with Crippen molar-refractivity contribution in [2.24, 2.45) is 0 Å². The van der Waals surface area contributed by atoms with Crippen LogP contribution in [0.25, 0.3) is 12.2 Å². The van der Waals surface area contributed by atoms with E-state index in [2.05, 4.69) is 23.5 Å². The highest BCUT2D eigenvalue weighted by atomic mass is 16.5. The molecule has 0 aliphatic carbocycles. The lowest BCUT2D eigenvalue weighted by molar-refractivity contribution is 0.159. The maximum absolute atomic E-state index is 5.30. The lowest BCUT2D eigenvalue weighted by Gasteiger charge is -2.10. The Morgan fingerprint density at radius 2 is 2.17 bits per heavy atom. The van der Waals surface area contributed by atoms with Crippen LogP contribution in [0.3, 0.4) is 0 Å². The molecule has 4 heteroatoms. The minimum absolute atomic E-state index is 0.409. The molecule has 0 aliphatic heterocycles. The highest BCUT2D eigenvalue weighted by Crippen LogP contribution is 2.06. The second-order valence-electron chi connectivity index (χ2n) is 4.86. The Kier molecular flexibility index (Phi) is 8.32. The van der Waals surface area contributed by atoms with E-state index in [0.29, 0.717) is 6.61 Å². The number of methoxy groups -OCH3 is 2. The monoisotopic (exact) mass is 314 g/mol. The van der Waals surface area contributed by atoms with Crippen molar-refractivity contribution in [3.63, 3.8) is 0 Å². The molecular weight excluding hydrogens is 288 g/mol. The molecule has 0 saturated carbocycles. The number of ether oxygens (including phenoxy) is 2. The van der Waals surface area contributed by atoms with Gasteiger partial charge in [0.05, 0.1) is 7.11 Å². The van der Waals surface area contributed by atoms with E-state index in [1.165, 1.54) is 0 Å². The molecule has 0 saturated heterocycles. The molecule has 0 aliphatic rings. The lowest BCUT2D eigenvalue weighted by atomic mass is 10.2. The average molecular weight is 314 g/mol. The fourth-order valence-electron chi connectivity index (χ4n) is 2.01. The van der Waals surface area contributed by atoms with Gasteiger partial charge in [0.25, 0.3) is 0 Å². The van der Waals surface area contributed by atoms with Crippen LogP contribution in [0, 0.1) is 0 Å². The van der Waals surface area contributed by atoms with Crippen LogP contribution in [0.5, 0.6) is 0 Å². The van der Waals surface area contributed by atoms with Gasteiger partial charge in [-0.3, -0.25) is 0 Å². The van der Waals surface area contributed by atoms with Gasteiger partial charge in [-0.25, -0.2) is 0 Å². The predicted molar refractivity (Wildman–Crippen MR) is 96.8 cm³/mol. The van der Waals surface area contributed by atoms with Gasteiger partial charge in [-0.05, 0) is 25.5 Å². The average Bonchev–Trinajstić information content (AvgIpc) is 2.98. The molecule has 0 amide bonds. The Morgan fingerprint density at radius 1 is 1.39 bits per heavy atom. The molecule has 0 atom stereocenters. The summed E-state index contributed by atoms with van der Waals surface area (Å²) < 4.78 is 10.4. The summed E-state index contributed by atoms with van der Waals surface area (Å²) in [4.78, 5) is 3.17. The summed E-state index contributed by atoms with van der Waals surface area (Å²) in [5.74, 6) is 0.729. The lowest BCUT2D eigenvalue weighted by Crippen LogP contribution is -2.23. The van der Waals surface area contributed by atoms with Gasteiger partial charge >= 0.3 is 0 Å². The molecule has 124 valence electrons. The molecule has 0 fully saturated rings. The first-order valence-electron chi connectivity index (χ1n) is 7.46. The number of nitrogens with one attached hydrogen (secondary N) is 2. The zero-order valence-corrected chi connectivity index (χ0v) is 14.2. The number of aromatic amines is 1. The zero-order chi connectivity index (χ0) is 17.1. The standard InChI is InChI=1S/C19H26N2O2/c1-6-8-9-17(13-18(23-5)14-22-4)21-15(3)12-16-10-11-20-19(16)7-2/h6-7,9-13,20-21H,1,3,8,14H2,2,4-5H3/b16-12-,17-9+,18-13+,19-7+. The van der Waals surface area contributed by atoms with Crippen LogP contribution >= 0.6 is 0 Å². The molecular formula is C19H26N2O2. The minimum Gasteiger partial charge on any atom is -0.499 e. The van der Waals surface area contributed by atoms with E-state index >= 15 is 0 Å². The van der Waals surface area contributed by atoms with E-state index in [0.717, 1.165) is 34.1 Å². The van der Waals surface area contributed by atoms with Crippen LogP contribution in [0.4, 0.5) is 0 Å². The molecule has 0 radical (unpaired) electrons. The van der Waals surface area contributed by atoms with Crippen LogP contribution < -0.4 is 15.9 Å². The third kappa shape index (κ3) is 6.45. The molecule has 0 bridgehead atoms. The molecule has 0 unspecified atom stereocenters. The fourth-order valence-corrected chi connectivity index (χ4v) is 2.01. The Morgan fingerprint density at radius 3 is 2.78 bits per heavy atom. The van der Waals surface area contributed by atoms with Gasteiger partial charge in [0.15, 0.2) is 0 Å². The van der Waals surface area contributed by atoms with E-state index < -0.39 is 0 Å². The van der Waals surface area contributed by atoms with Crippen molar-refractivity contribution in [3.8, 4) is 0 Å². The van der Waals surface area contributed by atoms with Gasteiger partial charge in [0, 0.05) is 41.3 Å². The maximum Gasteiger partial charge on any atom is 0.123 e. The summed E-state index contributed by atoms with van der Waals surface area (Å²) in [5.41, 5.74) is 1.67. The third-order valence-corrected chi connectivity index (χ3v) is 3.11. The second-order valence-corrected chi connectivity index (χ2v) is 4.86. The third-order valence-electron chi connectivity index (χ3n) is 3.11. The minimum atomic E-state index is 0.409. The maximum atomic E-state index is 5.30. The van der Waals surface area contributed by atoms with Gasteiger partial charge in [0.1, 0.15) is 12.4 Å². The highest BCUT2D eigenvalue weighted by Gasteiger charge is 2.00. The van der Waals surface area contributed by atoms with E-state index in [-0.39, 0.29) is 0 Å². The molecule has 1 aromatic heterocycles. The molecule has 0 aromatic carbocycles. The molecule has 1 rings (SSSR count). The Balaban J connectivity index is 3.00. The van der Waals surface area contributed by atoms with Crippen molar-refractivity contribution in [3.05, 3.63) is 71.4 Å². The van der Waals surface area contributed by atoms with Crippen LogP contribution in [0.15, 0.2) is 60.8 Å². The molecule has 23 heavy (non-hydrogen) atoms. The summed E-state index contributed by atoms with van der Waals surface area (Å²) in [6.07, 6.45) is 12.4. The summed E-state index contributed by atoms with van der Waals surface area (Å²) in [6.45, 7) is 10.2. The first kappa shape index (κ1) is 18.6. The van der Waals surface area contributed by atoms with Crippen LogP contribution in [-0.2, 0) is 9.47 Å². The highest BCUT2D eigenvalue weighted by molar-refractivity contribution is 5.46. The first-order valence-corrected chi connectivity index (χ1v) is 7.46. The number of H-pyrrole nitrogens is 1. The zero-order valence-electron chi connectivity index (χ0n) is 14.2. The van der Waals surface area contributed by atoms with Crippen molar-refractivity contribution in [2.75, 3.05) is 20.8 Å². The summed E-state index contributed by atoms with van der Waals surface area (Å²) in [7, 11) is 3.26. The van der Waals surface area contributed by atoms with Crippen molar-refractivity contribution >= 4 is 12.2 Å². The molecule has 0 spiro atoms. The van der Waals surface area contributed by atoms with Crippen molar-refractivity contribution in [1.82, 2.24) is 10.3 Å². The van der Waals surface area contributed by atoms with Crippen LogP contribution in [0.2, 0.25) is 0 Å². The first-order chi connectivity index (χ1) is 11.1. The van der Waals surface area contributed by atoms with Crippen molar-refractivity contribution in [1.29, 1.82) is 0 Å².